The van der Waals surface area contributed by atoms with Gasteiger partial charge in [-0.2, -0.15) is 5.26 Å². The van der Waals surface area contributed by atoms with Crippen LogP contribution in [0.15, 0.2) is 48.5 Å². The number of nitriles is 1. The van der Waals surface area contributed by atoms with Crippen molar-refractivity contribution in [1.82, 2.24) is 5.32 Å². The Hall–Kier alpha value is -2.87. The molecule has 2 rings (SSSR count). The van der Waals surface area contributed by atoms with Crippen molar-refractivity contribution in [3.05, 3.63) is 65.5 Å². The topological polar surface area (TPSA) is 62.1 Å². The summed E-state index contributed by atoms with van der Waals surface area (Å²) < 4.78 is 17.9. The van der Waals surface area contributed by atoms with Gasteiger partial charge in [0.05, 0.1) is 0 Å². The summed E-state index contributed by atoms with van der Waals surface area (Å²) in [5.74, 6) is 0.0878. The number of ether oxygens (including phenoxy) is 1. The zero-order valence-electron chi connectivity index (χ0n) is 11.9. The number of carbonyl (C=O) groups is 1. The van der Waals surface area contributed by atoms with Crippen LogP contribution >= 0.6 is 0 Å². The first kappa shape index (κ1) is 15.5. The normalized spacial score (nSPS) is 9.82. The molecular formula is C17H15FN2O2. The lowest BCUT2D eigenvalue weighted by molar-refractivity contribution is 0.0954. The molecule has 4 nitrogen and oxygen atoms in total. The highest BCUT2D eigenvalue weighted by Gasteiger charge is 2.05. The van der Waals surface area contributed by atoms with E-state index in [-0.39, 0.29) is 18.3 Å². The minimum atomic E-state index is -0.272. The lowest BCUT2D eigenvalue weighted by atomic mass is 10.1. The van der Waals surface area contributed by atoms with Crippen molar-refractivity contribution >= 4 is 5.91 Å². The Morgan fingerprint density at radius 1 is 1.14 bits per heavy atom. The lowest BCUT2D eigenvalue weighted by Gasteiger charge is -2.06. The van der Waals surface area contributed by atoms with Crippen molar-refractivity contribution in [2.45, 2.75) is 6.42 Å². The average Bonchev–Trinajstić information content (AvgIpc) is 2.55. The summed E-state index contributed by atoms with van der Waals surface area (Å²) >= 11 is 0. The summed E-state index contributed by atoms with van der Waals surface area (Å²) in [5.41, 5.74) is 1.48. The van der Waals surface area contributed by atoms with Crippen molar-refractivity contribution in [1.29, 1.82) is 5.26 Å². The number of halogens is 1. The highest BCUT2D eigenvalue weighted by Crippen LogP contribution is 2.12. The molecule has 0 saturated carbocycles. The van der Waals surface area contributed by atoms with Crippen LogP contribution in [0, 0.1) is 17.1 Å². The van der Waals surface area contributed by atoms with Gasteiger partial charge in [-0.05, 0) is 48.4 Å². The zero-order chi connectivity index (χ0) is 15.8. The molecule has 0 atom stereocenters. The van der Waals surface area contributed by atoms with Crippen LogP contribution in [0.2, 0.25) is 0 Å². The number of nitrogens with zero attached hydrogens (tertiary/aromatic N) is 1. The molecule has 5 heteroatoms. The van der Waals surface area contributed by atoms with Gasteiger partial charge < -0.3 is 10.1 Å². The predicted octanol–water partition coefficient (Wildman–Crippen LogP) is 2.70. The first-order chi connectivity index (χ1) is 10.7. The standard InChI is InChI=1S/C17H15FN2O2/c18-15-5-1-13(2-6-15)9-11-20-17(21)14-3-7-16(8-4-14)22-12-10-19/h1-8H,9,11-12H2,(H,20,21). The smallest absolute Gasteiger partial charge is 0.251 e. The maximum Gasteiger partial charge on any atom is 0.251 e. The van der Waals surface area contributed by atoms with Gasteiger partial charge in [0.15, 0.2) is 6.61 Å². The van der Waals surface area contributed by atoms with E-state index < -0.39 is 0 Å². The van der Waals surface area contributed by atoms with Gasteiger partial charge in [-0.3, -0.25) is 4.79 Å². The molecule has 0 spiro atoms. The second-order valence-electron chi connectivity index (χ2n) is 4.60. The molecule has 2 aromatic rings. The summed E-state index contributed by atoms with van der Waals surface area (Å²) in [5, 5.41) is 11.2. The van der Waals surface area contributed by atoms with Gasteiger partial charge in [-0.25, -0.2) is 4.39 Å². The minimum absolute atomic E-state index is 0.0246. The molecule has 0 aliphatic rings. The zero-order valence-corrected chi connectivity index (χ0v) is 11.9. The second kappa shape index (κ2) is 7.79. The van der Waals surface area contributed by atoms with Crippen LogP contribution in [0.5, 0.6) is 5.75 Å². The summed E-state index contributed by atoms with van der Waals surface area (Å²) in [4.78, 5) is 12.0. The van der Waals surface area contributed by atoms with Crippen molar-refractivity contribution in [3.8, 4) is 11.8 Å². The number of rotatable bonds is 6. The Balaban J connectivity index is 1.81. The Morgan fingerprint density at radius 3 is 2.45 bits per heavy atom. The van der Waals surface area contributed by atoms with E-state index in [9.17, 15) is 9.18 Å². The van der Waals surface area contributed by atoms with Crippen LogP contribution in [0.1, 0.15) is 15.9 Å². The van der Waals surface area contributed by atoms with Crippen LogP contribution in [-0.2, 0) is 6.42 Å². The molecule has 0 unspecified atom stereocenters. The highest BCUT2D eigenvalue weighted by atomic mass is 19.1. The van der Waals surface area contributed by atoms with Gasteiger partial charge in [0.2, 0.25) is 0 Å². The van der Waals surface area contributed by atoms with Crippen LogP contribution in [0.3, 0.4) is 0 Å². The van der Waals surface area contributed by atoms with Crippen LogP contribution in [0.4, 0.5) is 4.39 Å². The molecule has 0 saturated heterocycles. The third kappa shape index (κ3) is 4.60. The van der Waals surface area contributed by atoms with Crippen LogP contribution in [-0.4, -0.2) is 19.1 Å². The van der Waals surface area contributed by atoms with Gasteiger partial charge in [-0.1, -0.05) is 12.1 Å². The largest absolute Gasteiger partial charge is 0.479 e. The van der Waals surface area contributed by atoms with Crippen molar-refractivity contribution in [2.24, 2.45) is 0 Å². The van der Waals surface area contributed by atoms with E-state index in [2.05, 4.69) is 5.32 Å². The van der Waals surface area contributed by atoms with E-state index in [1.165, 1.54) is 12.1 Å². The Morgan fingerprint density at radius 2 is 1.82 bits per heavy atom. The summed E-state index contributed by atoms with van der Waals surface area (Å²) in [6.45, 7) is 0.445. The van der Waals surface area contributed by atoms with Gasteiger partial charge in [0.25, 0.3) is 5.91 Å². The number of hydrogen-bond acceptors (Lipinski definition) is 3. The molecule has 0 aromatic heterocycles. The SMILES string of the molecule is N#CCOc1ccc(C(=O)NCCc2ccc(F)cc2)cc1. The number of nitrogens with one attached hydrogen (secondary N) is 1. The van der Waals surface area contributed by atoms with E-state index in [0.717, 1.165) is 5.56 Å². The van der Waals surface area contributed by atoms with E-state index in [1.807, 2.05) is 6.07 Å². The maximum absolute atomic E-state index is 12.8. The summed E-state index contributed by atoms with van der Waals surface area (Å²) in [7, 11) is 0. The van der Waals surface area contributed by atoms with E-state index >= 15 is 0 Å². The van der Waals surface area contributed by atoms with Crippen molar-refractivity contribution < 1.29 is 13.9 Å². The number of amides is 1. The molecule has 0 fully saturated rings. The number of carbonyl (C=O) groups excluding carboxylic acids is 1. The quantitative estimate of drug-likeness (QED) is 0.892. The van der Waals surface area contributed by atoms with Crippen LogP contribution in [0.25, 0.3) is 0 Å². The Kier molecular flexibility index (Phi) is 5.50. The van der Waals surface area contributed by atoms with Gasteiger partial charge in [-0.15, -0.1) is 0 Å². The second-order valence-corrected chi connectivity index (χ2v) is 4.60. The number of benzene rings is 2. The molecular weight excluding hydrogens is 283 g/mol. The predicted molar refractivity (Wildman–Crippen MR) is 80.0 cm³/mol. The number of hydrogen-bond donors (Lipinski definition) is 1. The van der Waals surface area contributed by atoms with Crippen molar-refractivity contribution in [3.63, 3.8) is 0 Å². The molecule has 2 aromatic carbocycles. The van der Waals surface area contributed by atoms with E-state index in [1.54, 1.807) is 36.4 Å². The molecule has 0 radical (unpaired) electrons. The first-order valence-electron chi connectivity index (χ1n) is 6.81. The highest BCUT2D eigenvalue weighted by molar-refractivity contribution is 5.94. The average molecular weight is 298 g/mol. The fourth-order valence-electron chi connectivity index (χ4n) is 1.89. The summed E-state index contributed by atoms with van der Waals surface area (Å²) in [6.07, 6.45) is 0.634. The lowest BCUT2D eigenvalue weighted by Crippen LogP contribution is -2.25. The third-order valence-corrected chi connectivity index (χ3v) is 3.03. The molecule has 112 valence electrons. The molecule has 0 heterocycles. The third-order valence-electron chi connectivity index (χ3n) is 3.03. The van der Waals surface area contributed by atoms with Crippen molar-refractivity contribution in [2.75, 3.05) is 13.2 Å². The molecule has 0 bridgehead atoms. The van der Waals surface area contributed by atoms with E-state index in [4.69, 9.17) is 10.00 Å². The minimum Gasteiger partial charge on any atom is -0.479 e. The van der Waals surface area contributed by atoms with Gasteiger partial charge >= 0.3 is 0 Å². The molecule has 0 aliphatic carbocycles. The maximum atomic E-state index is 12.8. The molecule has 0 aliphatic heterocycles. The summed E-state index contributed by atoms with van der Waals surface area (Å²) in [6, 6.07) is 14.6. The fourth-order valence-corrected chi connectivity index (χ4v) is 1.89. The molecule has 22 heavy (non-hydrogen) atoms. The van der Waals surface area contributed by atoms with Gasteiger partial charge in [0.1, 0.15) is 17.6 Å². The fraction of sp³-hybridized carbons (Fsp3) is 0.176. The Bertz CT molecular complexity index is 661. The van der Waals surface area contributed by atoms with Gasteiger partial charge in [0, 0.05) is 12.1 Å². The van der Waals surface area contributed by atoms with Crippen LogP contribution < -0.4 is 10.1 Å². The van der Waals surface area contributed by atoms with E-state index in [0.29, 0.717) is 24.3 Å². The first-order valence-corrected chi connectivity index (χ1v) is 6.81. The monoisotopic (exact) mass is 298 g/mol. The molecule has 1 N–H and O–H groups in total. The molecule has 1 amide bonds. The Labute approximate surface area is 128 Å².